The van der Waals surface area contributed by atoms with Crippen LogP contribution in [0.1, 0.15) is 56.0 Å². The van der Waals surface area contributed by atoms with Crippen molar-refractivity contribution in [3.05, 3.63) is 74.0 Å². The first-order valence-electron chi connectivity index (χ1n) is 11.8. The Morgan fingerprint density at radius 1 is 1.17 bits per heavy atom. The van der Waals surface area contributed by atoms with Crippen LogP contribution in [-0.2, 0) is 11.3 Å². The lowest BCUT2D eigenvalue weighted by molar-refractivity contribution is -0.0175. The van der Waals surface area contributed by atoms with E-state index in [4.69, 9.17) is 4.74 Å². The number of pyridine rings is 1. The van der Waals surface area contributed by atoms with E-state index in [1.54, 1.807) is 6.07 Å². The van der Waals surface area contributed by atoms with Crippen LogP contribution in [0.5, 0.6) is 5.88 Å². The Balaban J connectivity index is 1.82. The van der Waals surface area contributed by atoms with Crippen molar-refractivity contribution >= 4 is 32.7 Å². The number of aromatic nitrogens is 1. The first-order valence-corrected chi connectivity index (χ1v) is 12.6. The molecule has 1 fully saturated rings. The first-order chi connectivity index (χ1) is 16.6. The second kappa shape index (κ2) is 10.1. The Labute approximate surface area is 210 Å². The van der Waals surface area contributed by atoms with Crippen molar-refractivity contribution in [2.45, 2.75) is 52.7 Å². The van der Waals surface area contributed by atoms with Crippen LogP contribution in [0.2, 0.25) is 0 Å². The molecule has 1 saturated carbocycles. The summed E-state index contributed by atoms with van der Waals surface area (Å²) < 4.78 is 36.0. The summed E-state index contributed by atoms with van der Waals surface area (Å²) >= 11 is 3.19. The highest BCUT2D eigenvalue weighted by atomic mass is 79.9. The van der Waals surface area contributed by atoms with Gasteiger partial charge >= 0.3 is 5.97 Å². The van der Waals surface area contributed by atoms with Crippen LogP contribution in [-0.4, -0.2) is 21.7 Å². The number of carbonyl (C=O) groups is 1. The number of halogens is 3. The molecule has 3 unspecified atom stereocenters. The van der Waals surface area contributed by atoms with Crippen LogP contribution in [0.25, 0.3) is 10.8 Å². The van der Waals surface area contributed by atoms with Gasteiger partial charge in [-0.1, -0.05) is 49.2 Å². The highest BCUT2D eigenvalue weighted by molar-refractivity contribution is 9.10. The molecule has 1 N–H and O–H groups in total. The Hall–Kier alpha value is -2.74. The minimum absolute atomic E-state index is 0.0324. The van der Waals surface area contributed by atoms with E-state index in [0.717, 1.165) is 29.5 Å². The molecule has 0 bridgehead atoms. The van der Waals surface area contributed by atoms with Gasteiger partial charge in [0, 0.05) is 20.8 Å². The summed E-state index contributed by atoms with van der Waals surface area (Å²) in [6, 6.07) is 7.76. The number of ether oxygens (including phenoxy) is 1. The molecule has 5 nitrogen and oxygen atoms in total. The molecule has 0 aliphatic heterocycles. The Bertz CT molecular complexity index is 1340. The number of fused-ring (bicyclic) bond motifs is 1. The van der Waals surface area contributed by atoms with Gasteiger partial charge in [-0.2, -0.15) is 0 Å². The van der Waals surface area contributed by atoms with Crippen LogP contribution < -0.4 is 5.56 Å². The molecule has 1 aromatic heterocycles. The Morgan fingerprint density at radius 3 is 2.60 bits per heavy atom. The number of hydrogen-bond acceptors (Lipinski definition) is 4. The van der Waals surface area contributed by atoms with Crippen molar-refractivity contribution < 1.29 is 23.4 Å². The lowest BCUT2D eigenvalue weighted by atomic mass is 9.75. The largest absolute Gasteiger partial charge is 0.494 e. The first kappa shape index (κ1) is 25.4. The van der Waals surface area contributed by atoms with Crippen molar-refractivity contribution in [3.8, 4) is 5.88 Å². The van der Waals surface area contributed by atoms with Crippen LogP contribution in [0.4, 0.5) is 8.78 Å². The number of esters is 1. The normalized spacial score (nSPS) is 20.4. The molecular formula is C27H28BrF2NO4. The zero-order valence-electron chi connectivity index (χ0n) is 19.9. The van der Waals surface area contributed by atoms with Crippen LogP contribution in [0.3, 0.4) is 0 Å². The zero-order chi connectivity index (χ0) is 25.4. The molecule has 1 aliphatic rings. The molecule has 0 radical (unpaired) electrons. The quantitative estimate of drug-likeness (QED) is 0.374. The molecule has 4 rings (SSSR count). The highest BCUT2D eigenvalue weighted by Gasteiger charge is 2.35. The van der Waals surface area contributed by atoms with Gasteiger partial charge in [-0.15, -0.1) is 0 Å². The average molecular weight is 548 g/mol. The molecule has 1 aliphatic carbocycles. The summed E-state index contributed by atoms with van der Waals surface area (Å²) in [4.78, 5) is 26.7. The molecule has 3 atom stereocenters. The topological polar surface area (TPSA) is 68.5 Å². The second-order valence-electron chi connectivity index (χ2n) is 9.79. The maximum absolute atomic E-state index is 14.5. The van der Waals surface area contributed by atoms with Crippen molar-refractivity contribution in [1.29, 1.82) is 0 Å². The molecule has 0 spiro atoms. The summed E-state index contributed by atoms with van der Waals surface area (Å²) in [6.07, 6.45) is 2.28. The lowest BCUT2D eigenvalue weighted by Gasteiger charge is -2.36. The number of nitrogens with zero attached hydrogens (tertiary/aromatic N) is 1. The molecule has 0 saturated heterocycles. The summed E-state index contributed by atoms with van der Waals surface area (Å²) in [5.74, 6) is -1.92. The van der Waals surface area contributed by atoms with Gasteiger partial charge in [0.25, 0.3) is 5.56 Å². The van der Waals surface area contributed by atoms with Gasteiger partial charge in [-0.05, 0) is 60.9 Å². The summed E-state index contributed by atoms with van der Waals surface area (Å²) in [5.41, 5.74) is -0.813. The molecule has 0 amide bonds. The molecule has 8 heteroatoms. The van der Waals surface area contributed by atoms with E-state index in [0.29, 0.717) is 16.8 Å². The van der Waals surface area contributed by atoms with E-state index >= 15 is 0 Å². The minimum atomic E-state index is -0.826. The third kappa shape index (κ3) is 5.13. The lowest BCUT2D eigenvalue weighted by Crippen LogP contribution is -2.36. The standard InChI is InChI=1S/C27H28BrF2NO4/c1-14(2)19-8-4-15(3)10-23(19)35-27(34)24-21-12-18(29)7-9-20(21)25(32)31(26(24)33)13-16-5-6-17(28)11-22(16)30/h5-7,9,11-12,14-15,19,23,33H,4,8,10,13H2,1-3H3. The van der Waals surface area contributed by atoms with E-state index < -0.39 is 29.0 Å². The molecule has 3 aromatic rings. The number of aromatic hydroxyl groups is 1. The molecular weight excluding hydrogens is 520 g/mol. The zero-order valence-corrected chi connectivity index (χ0v) is 21.4. The highest BCUT2D eigenvalue weighted by Crippen LogP contribution is 2.37. The molecule has 35 heavy (non-hydrogen) atoms. The van der Waals surface area contributed by atoms with Crippen molar-refractivity contribution in [1.82, 2.24) is 4.57 Å². The van der Waals surface area contributed by atoms with Crippen molar-refractivity contribution in [2.24, 2.45) is 17.8 Å². The van der Waals surface area contributed by atoms with Gasteiger partial charge in [-0.25, -0.2) is 13.6 Å². The number of hydrogen-bond donors (Lipinski definition) is 1. The predicted molar refractivity (Wildman–Crippen MR) is 134 cm³/mol. The van der Waals surface area contributed by atoms with E-state index in [1.807, 2.05) is 0 Å². The molecule has 2 aromatic carbocycles. The van der Waals surface area contributed by atoms with Gasteiger partial charge < -0.3 is 9.84 Å². The van der Waals surface area contributed by atoms with E-state index in [1.165, 1.54) is 18.2 Å². The van der Waals surface area contributed by atoms with E-state index in [2.05, 4.69) is 36.7 Å². The molecule has 186 valence electrons. The fourth-order valence-electron chi connectivity index (χ4n) is 5.02. The van der Waals surface area contributed by atoms with Crippen molar-refractivity contribution in [2.75, 3.05) is 0 Å². The van der Waals surface area contributed by atoms with Crippen molar-refractivity contribution in [3.63, 3.8) is 0 Å². The van der Waals surface area contributed by atoms with Gasteiger partial charge in [0.05, 0.1) is 6.54 Å². The third-order valence-corrected chi connectivity index (χ3v) is 7.47. The van der Waals surface area contributed by atoms with E-state index in [9.17, 15) is 23.5 Å². The molecule has 1 heterocycles. The van der Waals surface area contributed by atoms with Gasteiger partial charge in [0.1, 0.15) is 23.3 Å². The Kier molecular flexibility index (Phi) is 7.31. The van der Waals surface area contributed by atoms with Gasteiger partial charge in [0.15, 0.2) is 0 Å². The average Bonchev–Trinajstić information content (AvgIpc) is 2.77. The SMILES string of the molecule is CC1CCC(C(C)C)C(OC(=O)c2c(O)n(Cc3ccc(Br)cc3F)c(=O)c3ccc(F)cc23)C1. The fraction of sp³-hybridized carbons (Fsp3) is 0.407. The second-order valence-corrected chi connectivity index (χ2v) is 10.7. The summed E-state index contributed by atoms with van der Waals surface area (Å²) in [5, 5.41) is 11.1. The fourth-order valence-corrected chi connectivity index (χ4v) is 5.35. The number of carbonyl (C=O) groups excluding carboxylic acids is 1. The predicted octanol–water partition coefficient (Wildman–Crippen LogP) is 6.41. The summed E-state index contributed by atoms with van der Waals surface area (Å²) in [7, 11) is 0. The smallest absolute Gasteiger partial charge is 0.344 e. The number of rotatable bonds is 5. The van der Waals surface area contributed by atoms with Crippen LogP contribution in [0.15, 0.2) is 45.7 Å². The Morgan fingerprint density at radius 2 is 1.91 bits per heavy atom. The third-order valence-electron chi connectivity index (χ3n) is 6.97. The summed E-state index contributed by atoms with van der Waals surface area (Å²) in [6.45, 7) is 5.95. The monoisotopic (exact) mass is 547 g/mol. The van der Waals surface area contributed by atoms with Gasteiger partial charge in [0.2, 0.25) is 5.88 Å². The van der Waals surface area contributed by atoms with Crippen LogP contribution in [0, 0.1) is 29.4 Å². The maximum atomic E-state index is 14.5. The van der Waals surface area contributed by atoms with Gasteiger partial charge in [-0.3, -0.25) is 9.36 Å². The minimum Gasteiger partial charge on any atom is -0.494 e. The van der Waals surface area contributed by atoms with E-state index in [-0.39, 0.29) is 46.4 Å². The number of benzene rings is 2. The van der Waals surface area contributed by atoms with Crippen LogP contribution >= 0.6 is 15.9 Å². The maximum Gasteiger partial charge on any atom is 0.344 e.